The molecule has 0 radical (unpaired) electrons. The van der Waals surface area contributed by atoms with Crippen LogP contribution in [-0.2, 0) is 10.0 Å². The van der Waals surface area contributed by atoms with Gasteiger partial charge < -0.3 is 5.32 Å². The Bertz CT molecular complexity index is 284. The standard InChI is InChI=1S/C11H24N2O2S/c1-3-4-5-6-10(2)13-16(14,15)11-7-8-12-9-11/h10-13H,3-9H2,1-2H3. The predicted molar refractivity (Wildman–Crippen MR) is 66.9 cm³/mol. The molecule has 1 rings (SSSR count). The molecule has 0 bridgehead atoms. The first-order valence-electron chi connectivity index (χ1n) is 6.28. The van der Waals surface area contributed by atoms with E-state index in [-0.39, 0.29) is 11.3 Å². The van der Waals surface area contributed by atoms with E-state index in [1.54, 1.807) is 0 Å². The lowest BCUT2D eigenvalue weighted by Gasteiger charge is -2.17. The minimum atomic E-state index is -3.11. The topological polar surface area (TPSA) is 58.2 Å². The van der Waals surface area contributed by atoms with Crippen LogP contribution in [-0.4, -0.2) is 32.8 Å². The van der Waals surface area contributed by atoms with Crippen LogP contribution in [0.15, 0.2) is 0 Å². The van der Waals surface area contributed by atoms with E-state index in [4.69, 9.17) is 0 Å². The molecule has 96 valence electrons. The van der Waals surface area contributed by atoms with E-state index in [9.17, 15) is 8.42 Å². The van der Waals surface area contributed by atoms with Crippen LogP contribution in [0.1, 0.15) is 46.0 Å². The third-order valence-electron chi connectivity index (χ3n) is 3.06. The molecule has 1 aliphatic rings. The van der Waals surface area contributed by atoms with E-state index >= 15 is 0 Å². The Morgan fingerprint density at radius 2 is 2.19 bits per heavy atom. The maximum Gasteiger partial charge on any atom is 0.216 e. The zero-order valence-electron chi connectivity index (χ0n) is 10.3. The molecular weight excluding hydrogens is 224 g/mol. The monoisotopic (exact) mass is 248 g/mol. The molecule has 0 aliphatic carbocycles. The predicted octanol–water partition coefficient (Wildman–Crippen LogP) is 1.24. The molecule has 5 heteroatoms. The van der Waals surface area contributed by atoms with Crippen molar-refractivity contribution in [1.82, 2.24) is 10.0 Å². The molecule has 4 nitrogen and oxygen atoms in total. The summed E-state index contributed by atoms with van der Waals surface area (Å²) in [6, 6.07) is 0.0668. The molecule has 0 amide bonds. The van der Waals surface area contributed by atoms with Gasteiger partial charge in [0.05, 0.1) is 5.25 Å². The van der Waals surface area contributed by atoms with Crippen molar-refractivity contribution in [3.63, 3.8) is 0 Å². The summed E-state index contributed by atoms with van der Waals surface area (Å²) < 4.78 is 26.6. The molecule has 0 aromatic heterocycles. The molecule has 1 heterocycles. The van der Waals surface area contributed by atoms with Gasteiger partial charge in [-0.1, -0.05) is 26.2 Å². The van der Waals surface area contributed by atoms with Crippen molar-refractivity contribution in [3.8, 4) is 0 Å². The van der Waals surface area contributed by atoms with Crippen LogP contribution in [0.5, 0.6) is 0 Å². The third-order valence-corrected chi connectivity index (χ3v) is 5.07. The molecule has 2 N–H and O–H groups in total. The Morgan fingerprint density at radius 1 is 1.44 bits per heavy atom. The molecule has 2 unspecified atom stereocenters. The van der Waals surface area contributed by atoms with Gasteiger partial charge in [0, 0.05) is 12.6 Å². The zero-order chi connectivity index (χ0) is 12.0. The SMILES string of the molecule is CCCCCC(C)NS(=O)(=O)C1CCNC1. The van der Waals surface area contributed by atoms with Gasteiger partial charge >= 0.3 is 0 Å². The van der Waals surface area contributed by atoms with Gasteiger partial charge in [-0.25, -0.2) is 13.1 Å². The Morgan fingerprint density at radius 3 is 2.75 bits per heavy atom. The highest BCUT2D eigenvalue weighted by Crippen LogP contribution is 2.11. The van der Waals surface area contributed by atoms with Crippen molar-refractivity contribution in [3.05, 3.63) is 0 Å². The quantitative estimate of drug-likeness (QED) is 0.666. The van der Waals surface area contributed by atoms with E-state index in [0.717, 1.165) is 25.8 Å². The van der Waals surface area contributed by atoms with E-state index in [1.165, 1.54) is 12.8 Å². The number of hydrogen-bond acceptors (Lipinski definition) is 3. The second-order valence-corrected chi connectivity index (χ2v) is 6.67. The second-order valence-electron chi connectivity index (χ2n) is 4.67. The fraction of sp³-hybridized carbons (Fsp3) is 1.00. The number of rotatable bonds is 7. The van der Waals surface area contributed by atoms with E-state index < -0.39 is 10.0 Å². The van der Waals surface area contributed by atoms with E-state index in [2.05, 4.69) is 17.0 Å². The fourth-order valence-corrected chi connectivity index (χ4v) is 3.67. The average molecular weight is 248 g/mol. The van der Waals surface area contributed by atoms with Gasteiger partial charge in [-0.05, 0) is 26.3 Å². The maximum absolute atomic E-state index is 11.9. The van der Waals surface area contributed by atoms with Crippen LogP contribution in [0.3, 0.4) is 0 Å². The Labute approximate surface area is 99.2 Å². The fourth-order valence-electron chi connectivity index (χ4n) is 2.03. The molecule has 0 saturated carbocycles. The molecule has 1 saturated heterocycles. The van der Waals surface area contributed by atoms with Crippen molar-refractivity contribution in [2.24, 2.45) is 0 Å². The Hall–Kier alpha value is -0.130. The summed E-state index contributed by atoms with van der Waals surface area (Å²) in [5.74, 6) is 0. The molecule has 0 spiro atoms. The van der Waals surface area contributed by atoms with Gasteiger partial charge in [0.15, 0.2) is 0 Å². The molecule has 2 atom stereocenters. The summed E-state index contributed by atoms with van der Waals surface area (Å²) in [6.45, 7) is 5.52. The van der Waals surface area contributed by atoms with Crippen molar-refractivity contribution in [1.29, 1.82) is 0 Å². The summed E-state index contributed by atoms with van der Waals surface area (Å²) in [5, 5.41) is 2.85. The Balaban J connectivity index is 2.33. The normalized spacial score (nSPS) is 23.5. The van der Waals surface area contributed by atoms with Crippen LogP contribution in [0, 0.1) is 0 Å². The number of sulfonamides is 1. The highest BCUT2D eigenvalue weighted by atomic mass is 32.2. The highest BCUT2D eigenvalue weighted by molar-refractivity contribution is 7.90. The summed E-state index contributed by atoms with van der Waals surface area (Å²) >= 11 is 0. The number of hydrogen-bond donors (Lipinski definition) is 2. The lowest BCUT2D eigenvalue weighted by Crippen LogP contribution is -2.40. The van der Waals surface area contributed by atoms with Gasteiger partial charge in [0.1, 0.15) is 0 Å². The molecule has 1 aliphatic heterocycles. The second kappa shape index (κ2) is 6.57. The van der Waals surface area contributed by atoms with Crippen LogP contribution in [0.4, 0.5) is 0 Å². The van der Waals surface area contributed by atoms with Gasteiger partial charge in [0.25, 0.3) is 0 Å². The van der Waals surface area contributed by atoms with Crippen LogP contribution in [0.2, 0.25) is 0 Å². The van der Waals surface area contributed by atoms with Crippen LogP contribution < -0.4 is 10.0 Å². The first-order chi connectivity index (χ1) is 7.56. The van der Waals surface area contributed by atoms with E-state index in [1.807, 2.05) is 6.92 Å². The highest BCUT2D eigenvalue weighted by Gasteiger charge is 2.29. The summed E-state index contributed by atoms with van der Waals surface area (Å²) in [6.07, 6.45) is 5.12. The van der Waals surface area contributed by atoms with Crippen molar-refractivity contribution in [2.75, 3.05) is 13.1 Å². The number of nitrogens with one attached hydrogen (secondary N) is 2. The van der Waals surface area contributed by atoms with Crippen molar-refractivity contribution >= 4 is 10.0 Å². The Kier molecular flexibility index (Phi) is 5.72. The zero-order valence-corrected chi connectivity index (χ0v) is 11.1. The number of unbranched alkanes of at least 4 members (excludes halogenated alkanes) is 2. The average Bonchev–Trinajstić information content (AvgIpc) is 2.70. The third kappa shape index (κ3) is 4.39. The van der Waals surface area contributed by atoms with Crippen molar-refractivity contribution in [2.45, 2.75) is 57.2 Å². The molecule has 1 fully saturated rings. The van der Waals surface area contributed by atoms with Gasteiger partial charge in [-0.15, -0.1) is 0 Å². The van der Waals surface area contributed by atoms with Gasteiger partial charge in [0.2, 0.25) is 10.0 Å². The minimum Gasteiger partial charge on any atom is -0.315 e. The van der Waals surface area contributed by atoms with Crippen LogP contribution >= 0.6 is 0 Å². The van der Waals surface area contributed by atoms with Crippen LogP contribution in [0.25, 0.3) is 0 Å². The minimum absolute atomic E-state index is 0.0668. The summed E-state index contributed by atoms with van der Waals surface area (Å²) in [7, 11) is -3.11. The largest absolute Gasteiger partial charge is 0.315 e. The summed E-state index contributed by atoms with van der Waals surface area (Å²) in [4.78, 5) is 0. The smallest absolute Gasteiger partial charge is 0.216 e. The maximum atomic E-state index is 11.9. The van der Waals surface area contributed by atoms with E-state index in [0.29, 0.717) is 6.54 Å². The molecule has 0 aromatic rings. The summed E-state index contributed by atoms with van der Waals surface area (Å²) in [5.41, 5.74) is 0. The molecular formula is C11H24N2O2S. The first kappa shape index (κ1) is 13.9. The lowest BCUT2D eigenvalue weighted by molar-refractivity contribution is 0.519. The molecule has 0 aromatic carbocycles. The lowest BCUT2D eigenvalue weighted by atomic mass is 10.1. The van der Waals surface area contributed by atoms with Crippen molar-refractivity contribution < 1.29 is 8.42 Å². The first-order valence-corrected chi connectivity index (χ1v) is 7.82. The van der Waals surface area contributed by atoms with Gasteiger partial charge in [-0.2, -0.15) is 0 Å². The van der Waals surface area contributed by atoms with Gasteiger partial charge in [-0.3, -0.25) is 0 Å². The molecule has 16 heavy (non-hydrogen) atoms.